The summed E-state index contributed by atoms with van der Waals surface area (Å²) in [6.45, 7) is 0.656. The van der Waals surface area contributed by atoms with Crippen LogP contribution in [0.25, 0.3) is 0 Å². The molecule has 1 heterocycles. The normalized spacial score (nSPS) is 9.90. The van der Waals surface area contributed by atoms with Gasteiger partial charge in [0.2, 0.25) is 0 Å². The van der Waals surface area contributed by atoms with Gasteiger partial charge in [0, 0.05) is 31.5 Å². The molecule has 2 aromatic rings. The van der Waals surface area contributed by atoms with Crippen molar-refractivity contribution < 1.29 is 4.79 Å². The van der Waals surface area contributed by atoms with Crippen molar-refractivity contribution in [2.45, 2.75) is 12.8 Å². The van der Waals surface area contributed by atoms with E-state index in [0.29, 0.717) is 18.5 Å². The molecule has 0 aliphatic heterocycles. The predicted molar refractivity (Wildman–Crippen MR) is 80.7 cm³/mol. The number of benzene rings is 1. The van der Waals surface area contributed by atoms with Crippen molar-refractivity contribution in [3.63, 3.8) is 0 Å². The molecule has 2 rings (SSSR count). The molecule has 0 aliphatic rings. The zero-order chi connectivity index (χ0) is 15.1. The van der Waals surface area contributed by atoms with E-state index in [0.717, 1.165) is 17.5 Å². The molecule has 21 heavy (non-hydrogen) atoms. The van der Waals surface area contributed by atoms with E-state index in [4.69, 9.17) is 5.26 Å². The number of nitrogens with zero attached hydrogens (tertiary/aromatic N) is 3. The Balaban J connectivity index is 1.94. The molecule has 1 aromatic heterocycles. The van der Waals surface area contributed by atoms with E-state index in [-0.39, 0.29) is 5.91 Å². The highest BCUT2D eigenvalue weighted by atomic mass is 16.2. The quantitative estimate of drug-likeness (QED) is 0.844. The van der Waals surface area contributed by atoms with Crippen LogP contribution in [0.15, 0.2) is 48.8 Å². The van der Waals surface area contributed by atoms with E-state index in [1.54, 1.807) is 36.5 Å². The summed E-state index contributed by atoms with van der Waals surface area (Å²) in [6.07, 6.45) is 4.68. The number of rotatable bonds is 5. The van der Waals surface area contributed by atoms with Crippen LogP contribution in [-0.2, 0) is 12.8 Å². The fourth-order valence-electron chi connectivity index (χ4n) is 2.02. The van der Waals surface area contributed by atoms with Gasteiger partial charge in [-0.1, -0.05) is 12.1 Å². The first kappa shape index (κ1) is 14.7. The maximum Gasteiger partial charge on any atom is 0.253 e. The van der Waals surface area contributed by atoms with E-state index in [9.17, 15) is 4.79 Å². The molecule has 106 valence electrons. The Kier molecular flexibility index (Phi) is 5.05. The lowest BCUT2D eigenvalue weighted by atomic mass is 10.1. The van der Waals surface area contributed by atoms with Gasteiger partial charge in [-0.25, -0.2) is 0 Å². The molecule has 0 unspecified atom stereocenters. The Morgan fingerprint density at radius 1 is 1.14 bits per heavy atom. The first-order valence-electron chi connectivity index (χ1n) is 6.81. The first-order valence-corrected chi connectivity index (χ1v) is 6.81. The van der Waals surface area contributed by atoms with E-state index in [1.165, 1.54) is 0 Å². The van der Waals surface area contributed by atoms with Gasteiger partial charge >= 0.3 is 0 Å². The molecule has 4 heteroatoms. The lowest BCUT2D eigenvalue weighted by Crippen LogP contribution is -2.28. The molecule has 0 radical (unpaired) electrons. The largest absolute Gasteiger partial charge is 0.341 e. The SMILES string of the molecule is CN(CCc1ccncc1)C(=O)c1ccc(CC#N)cc1. The number of carbonyl (C=O) groups excluding carboxylic acids is 1. The van der Waals surface area contributed by atoms with Crippen LogP contribution in [0.5, 0.6) is 0 Å². The van der Waals surface area contributed by atoms with Crippen molar-refractivity contribution in [3.8, 4) is 6.07 Å². The fourth-order valence-corrected chi connectivity index (χ4v) is 2.02. The Bertz CT molecular complexity index is 629. The second-order valence-electron chi connectivity index (χ2n) is 4.86. The number of pyridine rings is 1. The number of hydrogen-bond donors (Lipinski definition) is 0. The summed E-state index contributed by atoms with van der Waals surface area (Å²) in [5.74, 6) is -0.00689. The summed E-state index contributed by atoms with van der Waals surface area (Å²) in [7, 11) is 1.80. The van der Waals surface area contributed by atoms with Crippen LogP contribution in [0, 0.1) is 11.3 Å². The number of likely N-dealkylation sites (N-methyl/N-ethyl adjacent to an activating group) is 1. The maximum atomic E-state index is 12.3. The van der Waals surface area contributed by atoms with E-state index in [1.807, 2.05) is 24.3 Å². The molecular weight excluding hydrogens is 262 g/mol. The van der Waals surface area contributed by atoms with Crippen molar-refractivity contribution in [1.82, 2.24) is 9.88 Å². The third kappa shape index (κ3) is 4.15. The maximum absolute atomic E-state index is 12.3. The predicted octanol–water partition coefficient (Wildman–Crippen LogP) is 2.46. The highest BCUT2D eigenvalue weighted by Gasteiger charge is 2.11. The van der Waals surface area contributed by atoms with Gasteiger partial charge in [-0.15, -0.1) is 0 Å². The van der Waals surface area contributed by atoms with Crippen molar-refractivity contribution in [3.05, 3.63) is 65.5 Å². The molecule has 0 saturated carbocycles. The third-order valence-electron chi connectivity index (χ3n) is 3.32. The topological polar surface area (TPSA) is 57.0 Å². The fraction of sp³-hybridized carbons (Fsp3) is 0.235. The molecule has 1 aromatic carbocycles. The molecular formula is C17H17N3O. The van der Waals surface area contributed by atoms with Crippen molar-refractivity contribution in [1.29, 1.82) is 5.26 Å². The molecule has 0 fully saturated rings. The summed E-state index contributed by atoms with van der Waals surface area (Å²) >= 11 is 0. The highest BCUT2D eigenvalue weighted by Crippen LogP contribution is 2.08. The summed E-state index contributed by atoms with van der Waals surface area (Å²) in [4.78, 5) is 18.0. The number of amides is 1. The van der Waals surface area contributed by atoms with Crippen LogP contribution in [0.3, 0.4) is 0 Å². The molecule has 0 spiro atoms. The molecule has 0 aliphatic carbocycles. The average molecular weight is 279 g/mol. The second kappa shape index (κ2) is 7.20. The van der Waals surface area contributed by atoms with Gasteiger partial charge in [0.25, 0.3) is 5.91 Å². The van der Waals surface area contributed by atoms with Gasteiger partial charge < -0.3 is 4.90 Å². The van der Waals surface area contributed by atoms with Crippen LogP contribution in [0.4, 0.5) is 0 Å². The van der Waals surface area contributed by atoms with E-state index >= 15 is 0 Å². The minimum absolute atomic E-state index is 0.00689. The summed E-state index contributed by atoms with van der Waals surface area (Å²) in [5, 5.41) is 8.64. The van der Waals surface area contributed by atoms with Gasteiger partial charge in [0.1, 0.15) is 0 Å². The molecule has 0 N–H and O–H groups in total. The van der Waals surface area contributed by atoms with Crippen molar-refractivity contribution in [2.75, 3.05) is 13.6 Å². The minimum Gasteiger partial charge on any atom is -0.341 e. The summed E-state index contributed by atoms with van der Waals surface area (Å²) in [6, 6.07) is 13.2. The number of hydrogen-bond acceptors (Lipinski definition) is 3. The Hall–Kier alpha value is -2.67. The first-order chi connectivity index (χ1) is 10.2. The molecule has 4 nitrogen and oxygen atoms in total. The van der Waals surface area contributed by atoms with Crippen LogP contribution in [0.2, 0.25) is 0 Å². The van der Waals surface area contributed by atoms with Crippen molar-refractivity contribution >= 4 is 5.91 Å². The average Bonchev–Trinajstić information content (AvgIpc) is 2.54. The molecule has 0 bridgehead atoms. The molecule has 0 atom stereocenters. The monoisotopic (exact) mass is 279 g/mol. The van der Waals surface area contributed by atoms with Gasteiger partial charge in [-0.3, -0.25) is 9.78 Å². The van der Waals surface area contributed by atoms with Crippen LogP contribution >= 0.6 is 0 Å². The van der Waals surface area contributed by atoms with Crippen LogP contribution in [0.1, 0.15) is 21.5 Å². The molecule has 0 saturated heterocycles. The van der Waals surface area contributed by atoms with Gasteiger partial charge in [0.05, 0.1) is 12.5 Å². The van der Waals surface area contributed by atoms with Gasteiger partial charge in [0.15, 0.2) is 0 Å². The Labute approximate surface area is 124 Å². The minimum atomic E-state index is -0.00689. The Morgan fingerprint density at radius 2 is 1.81 bits per heavy atom. The Morgan fingerprint density at radius 3 is 2.43 bits per heavy atom. The lowest BCUT2D eigenvalue weighted by Gasteiger charge is -2.17. The highest BCUT2D eigenvalue weighted by molar-refractivity contribution is 5.94. The van der Waals surface area contributed by atoms with Crippen molar-refractivity contribution in [2.24, 2.45) is 0 Å². The van der Waals surface area contributed by atoms with Crippen LogP contribution < -0.4 is 0 Å². The number of nitriles is 1. The second-order valence-corrected chi connectivity index (χ2v) is 4.86. The van der Waals surface area contributed by atoms with E-state index in [2.05, 4.69) is 11.1 Å². The number of carbonyl (C=O) groups is 1. The zero-order valence-electron chi connectivity index (χ0n) is 12.0. The summed E-state index contributed by atoms with van der Waals surface area (Å²) < 4.78 is 0. The number of aromatic nitrogens is 1. The zero-order valence-corrected chi connectivity index (χ0v) is 12.0. The lowest BCUT2D eigenvalue weighted by molar-refractivity contribution is 0.0796. The van der Waals surface area contributed by atoms with Gasteiger partial charge in [-0.2, -0.15) is 5.26 Å². The van der Waals surface area contributed by atoms with E-state index < -0.39 is 0 Å². The van der Waals surface area contributed by atoms with Crippen LogP contribution in [-0.4, -0.2) is 29.4 Å². The molecule has 1 amide bonds. The summed E-state index contributed by atoms with van der Waals surface area (Å²) in [5.41, 5.74) is 2.73. The standard InChI is InChI=1S/C17H17N3O/c1-20(13-9-15-7-11-19-12-8-15)17(21)16-4-2-14(3-5-16)6-10-18/h2-5,7-8,11-12H,6,9,13H2,1H3. The van der Waals surface area contributed by atoms with Gasteiger partial charge in [-0.05, 0) is 41.8 Å². The smallest absolute Gasteiger partial charge is 0.253 e. The third-order valence-corrected chi connectivity index (χ3v) is 3.32.